The van der Waals surface area contributed by atoms with E-state index in [0.717, 1.165) is 25.3 Å². The monoisotopic (exact) mass is 276 g/mol. The smallest absolute Gasteiger partial charge is 0.217 e. The van der Waals surface area contributed by atoms with Crippen LogP contribution < -0.4 is 10.1 Å². The van der Waals surface area contributed by atoms with Crippen LogP contribution in [0.3, 0.4) is 0 Å². The van der Waals surface area contributed by atoms with Gasteiger partial charge in [-0.1, -0.05) is 6.07 Å². The molecule has 1 saturated carbocycles. The standard InChI is InChI=1S/C16H24N2O2/c1-17-14(13-5-3-9-18-15(13)19-2)12-6-10-20-16(11-12)7-4-8-16/h3,5,9,12,14,17H,4,6-8,10-11H2,1-2H3. The van der Waals surface area contributed by atoms with E-state index in [1.54, 1.807) is 13.3 Å². The number of nitrogens with one attached hydrogen (secondary N) is 1. The van der Waals surface area contributed by atoms with Gasteiger partial charge in [0, 0.05) is 24.4 Å². The molecule has 0 aromatic carbocycles. The van der Waals surface area contributed by atoms with Crippen molar-refractivity contribution >= 4 is 0 Å². The van der Waals surface area contributed by atoms with Crippen molar-refractivity contribution in [3.05, 3.63) is 23.9 Å². The van der Waals surface area contributed by atoms with Crippen LogP contribution in [0.1, 0.15) is 43.7 Å². The van der Waals surface area contributed by atoms with E-state index in [9.17, 15) is 0 Å². The number of rotatable bonds is 4. The maximum absolute atomic E-state index is 6.04. The highest BCUT2D eigenvalue weighted by Crippen LogP contribution is 2.47. The SMILES string of the molecule is CNC(c1cccnc1OC)C1CCOC2(CCC2)C1. The summed E-state index contributed by atoms with van der Waals surface area (Å²) in [7, 11) is 3.72. The maximum Gasteiger partial charge on any atom is 0.217 e. The summed E-state index contributed by atoms with van der Waals surface area (Å²) in [6.45, 7) is 0.880. The lowest BCUT2D eigenvalue weighted by atomic mass is 9.69. The summed E-state index contributed by atoms with van der Waals surface area (Å²) >= 11 is 0. The van der Waals surface area contributed by atoms with Gasteiger partial charge in [0.25, 0.3) is 0 Å². The molecule has 2 fully saturated rings. The van der Waals surface area contributed by atoms with Gasteiger partial charge in [-0.25, -0.2) is 4.98 Å². The molecule has 0 bridgehead atoms. The molecule has 1 aliphatic heterocycles. The second-order valence-corrected chi connectivity index (χ2v) is 6.01. The van der Waals surface area contributed by atoms with Gasteiger partial charge in [0.05, 0.1) is 12.7 Å². The van der Waals surface area contributed by atoms with Crippen molar-refractivity contribution in [2.45, 2.75) is 43.7 Å². The molecule has 0 radical (unpaired) electrons. The quantitative estimate of drug-likeness (QED) is 0.918. The molecule has 1 aliphatic carbocycles. The van der Waals surface area contributed by atoms with Gasteiger partial charge in [0.1, 0.15) is 0 Å². The number of hydrogen-bond acceptors (Lipinski definition) is 4. The van der Waals surface area contributed by atoms with Crippen LogP contribution >= 0.6 is 0 Å². The second-order valence-electron chi connectivity index (χ2n) is 6.01. The zero-order valence-corrected chi connectivity index (χ0v) is 12.4. The molecule has 1 saturated heterocycles. The summed E-state index contributed by atoms with van der Waals surface area (Å²) in [5.74, 6) is 1.33. The topological polar surface area (TPSA) is 43.4 Å². The fraction of sp³-hybridized carbons (Fsp3) is 0.688. The van der Waals surface area contributed by atoms with Gasteiger partial charge in [-0.3, -0.25) is 0 Å². The van der Waals surface area contributed by atoms with Gasteiger partial charge in [-0.05, 0) is 51.1 Å². The average molecular weight is 276 g/mol. The normalized spacial score (nSPS) is 26.0. The lowest BCUT2D eigenvalue weighted by Gasteiger charge is -2.48. The Hall–Kier alpha value is -1.13. The summed E-state index contributed by atoms with van der Waals surface area (Å²) in [6.07, 6.45) is 7.80. The van der Waals surface area contributed by atoms with E-state index in [4.69, 9.17) is 9.47 Å². The fourth-order valence-electron chi connectivity index (χ4n) is 3.73. The highest BCUT2D eigenvalue weighted by molar-refractivity contribution is 5.29. The van der Waals surface area contributed by atoms with Crippen LogP contribution in [0.2, 0.25) is 0 Å². The molecule has 4 nitrogen and oxygen atoms in total. The summed E-state index contributed by atoms with van der Waals surface area (Å²) < 4.78 is 11.5. The van der Waals surface area contributed by atoms with Crippen molar-refractivity contribution in [1.29, 1.82) is 0 Å². The number of pyridine rings is 1. The van der Waals surface area contributed by atoms with Crippen molar-refractivity contribution in [2.24, 2.45) is 5.92 Å². The van der Waals surface area contributed by atoms with Gasteiger partial charge in [-0.15, -0.1) is 0 Å². The van der Waals surface area contributed by atoms with E-state index < -0.39 is 0 Å². The molecule has 1 spiro atoms. The first-order valence-corrected chi connectivity index (χ1v) is 7.58. The third-order valence-corrected chi connectivity index (χ3v) is 4.91. The Balaban J connectivity index is 1.82. The van der Waals surface area contributed by atoms with Gasteiger partial charge in [0.15, 0.2) is 0 Å². The molecule has 1 aromatic heterocycles. The lowest BCUT2D eigenvalue weighted by Crippen LogP contribution is -2.47. The molecule has 2 heterocycles. The Morgan fingerprint density at radius 3 is 3.00 bits per heavy atom. The minimum absolute atomic E-state index is 0.174. The molecule has 2 atom stereocenters. The van der Waals surface area contributed by atoms with Crippen LogP contribution in [0.5, 0.6) is 5.88 Å². The van der Waals surface area contributed by atoms with Crippen molar-refractivity contribution in [3.63, 3.8) is 0 Å². The Morgan fingerprint density at radius 1 is 1.50 bits per heavy atom. The summed E-state index contributed by atoms with van der Waals surface area (Å²) in [6, 6.07) is 4.40. The minimum Gasteiger partial charge on any atom is -0.481 e. The first-order chi connectivity index (χ1) is 9.78. The third kappa shape index (κ3) is 2.42. The zero-order chi connectivity index (χ0) is 14.0. The van der Waals surface area contributed by atoms with Crippen molar-refractivity contribution < 1.29 is 9.47 Å². The Labute approximate surface area is 120 Å². The first-order valence-electron chi connectivity index (χ1n) is 7.58. The van der Waals surface area contributed by atoms with E-state index in [1.807, 2.05) is 13.1 Å². The Morgan fingerprint density at radius 2 is 2.35 bits per heavy atom. The number of hydrogen-bond donors (Lipinski definition) is 1. The van der Waals surface area contributed by atoms with Crippen LogP contribution in [-0.2, 0) is 4.74 Å². The number of nitrogens with zero attached hydrogens (tertiary/aromatic N) is 1. The summed E-state index contributed by atoms with van der Waals surface area (Å²) in [4.78, 5) is 4.34. The van der Waals surface area contributed by atoms with Crippen LogP contribution in [0.25, 0.3) is 0 Å². The predicted octanol–water partition coefficient (Wildman–Crippen LogP) is 2.70. The zero-order valence-electron chi connectivity index (χ0n) is 12.4. The Bertz CT molecular complexity index is 460. The molecular formula is C16H24N2O2. The molecule has 20 heavy (non-hydrogen) atoms. The molecular weight excluding hydrogens is 252 g/mol. The predicted molar refractivity (Wildman–Crippen MR) is 77.8 cm³/mol. The largest absolute Gasteiger partial charge is 0.481 e. The van der Waals surface area contributed by atoms with Gasteiger partial charge in [-0.2, -0.15) is 0 Å². The maximum atomic E-state index is 6.04. The third-order valence-electron chi connectivity index (χ3n) is 4.91. The van der Waals surface area contributed by atoms with E-state index >= 15 is 0 Å². The average Bonchev–Trinajstić information content (AvgIpc) is 2.47. The molecule has 2 aliphatic rings. The highest BCUT2D eigenvalue weighted by Gasteiger charge is 2.44. The fourth-order valence-corrected chi connectivity index (χ4v) is 3.73. The lowest BCUT2D eigenvalue weighted by molar-refractivity contribution is -0.147. The first kappa shape index (κ1) is 13.8. The van der Waals surface area contributed by atoms with Gasteiger partial charge < -0.3 is 14.8 Å². The van der Waals surface area contributed by atoms with E-state index in [0.29, 0.717) is 12.0 Å². The van der Waals surface area contributed by atoms with E-state index in [2.05, 4.69) is 16.4 Å². The Kier molecular flexibility index (Phi) is 3.94. The number of aromatic nitrogens is 1. The molecule has 1 N–H and O–H groups in total. The van der Waals surface area contributed by atoms with Crippen LogP contribution in [-0.4, -0.2) is 31.3 Å². The molecule has 3 rings (SSSR count). The molecule has 2 unspecified atom stereocenters. The van der Waals surface area contributed by atoms with E-state index in [1.165, 1.54) is 24.8 Å². The minimum atomic E-state index is 0.174. The van der Waals surface area contributed by atoms with Crippen molar-refractivity contribution in [1.82, 2.24) is 10.3 Å². The van der Waals surface area contributed by atoms with E-state index in [-0.39, 0.29) is 5.60 Å². The van der Waals surface area contributed by atoms with Crippen LogP contribution in [0, 0.1) is 5.92 Å². The summed E-state index contributed by atoms with van der Waals surface area (Å²) in [5.41, 5.74) is 1.34. The van der Waals surface area contributed by atoms with Crippen LogP contribution in [0.15, 0.2) is 18.3 Å². The van der Waals surface area contributed by atoms with Crippen LogP contribution in [0.4, 0.5) is 0 Å². The molecule has 110 valence electrons. The van der Waals surface area contributed by atoms with Gasteiger partial charge >= 0.3 is 0 Å². The molecule has 1 aromatic rings. The summed E-state index contributed by atoms with van der Waals surface area (Å²) in [5, 5.41) is 3.47. The molecule has 4 heteroatoms. The number of methoxy groups -OCH3 is 1. The van der Waals surface area contributed by atoms with Crippen molar-refractivity contribution in [3.8, 4) is 5.88 Å². The number of ether oxygens (including phenoxy) is 2. The molecule has 0 amide bonds. The van der Waals surface area contributed by atoms with Gasteiger partial charge in [0.2, 0.25) is 5.88 Å². The second kappa shape index (κ2) is 5.70. The highest BCUT2D eigenvalue weighted by atomic mass is 16.5. The van der Waals surface area contributed by atoms with Crippen molar-refractivity contribution in [2.75, 3.05) is 20.8 Å².